The molecule has 0 heterocycles. The summed E-state index contributed by atoms with van der Waals surface area (Å²) in [5, 5.41) is 10.2. The zero-order valence-corrected chi connectivity index (χ0v) is 11.9. The van der Waals surface area contributed by atoms with Crippen LogP contribution in [0, 0.1) is 18.6 Å². The van der Waals surface area contributed by atoms with Gasteiger partial charge in [-0.05, 0) is 53.9 Å². The van der Waals surface area contributed by atoms with Gasteiger partial charge in [0.25, 0.3) is 0 Å². The van der Waals surface area contributed by atoms with Crippen molar-refractivity contribution in [1.29, 1.82) is 0 Å². The minimum absolute atomic E-state index is 0.242. The molecule has 1 nitrogen and oxygen atoms in total. The second-order valence-corrected chi connectivity index (χ2v) is 5.31. The highest BCUT2D eigenvalue weighted by Crippen LogP contribution is 2.27. The molecule has 1 N–H and O–H groups in total. The summed E-state index contributed by atoms with van der Waals surface area (Å²) in [6.45, 7) is 1.85. The Kier molecular flexibility index (Phi) is 4.32. The molecule has 100 valence electrons. The number of aryl methyl sites for hydroxylation is 1. The van der Waals surface area contributed by atoms with E-state index in [4.69, 9.17) is 0 Å². The fourth-order valence-electron chi connectivity index (χ4n) is 1.95. The van der Waals surface area contributed by atoms with E-state index in [0.29, 0.717) is 15.6 Å². The van der Waals surface area contributed by atoms with E-state index < -0.39 is 11.9 Å². The van der Waals surface area contributed by atoms with Gasteiger partial charge in [0.05, 0.1) is 6.10 Å². The van der Waals surface area contributed by atoms with Gasteiger partial charge in [0.1, 0.15) is 11.6 Å². The lowest BCUT2D eigenvalue weighted by atomic mass is 9.98. The molecule has 0 aliphatic heterocycles. The van der Waals surface area contributed by atoms with Crippen LogP contribution in [0.25, 0.3) is 0 Å². The van der Waals surface area contributed by atoms with E-state index in [2.05, 4.69) is 15.9 Å². The summed E-state index contributed by atoms with van der Waals surface area (Å²) in [4.78, 5) is 0. The molecule has 2 aromatic carbocycles. The molecular weight excluding hydrogens is 314 g/mol. The number of halogens is 3. The molecule has 0 radical (unpaired) electrons. The van der Waals surface area contributed by atoms with Gasteiger partial charge >= 0.3 is 0 Å². The van der Waals surface area contributed by atoms with Gasteiger partial charge in [0.2, 0.25) is 0 Å². The third-order valence-electron chi connectivity index (χ3n) is 3.04. The van der Waals surface area contributed by atoms with Crippen LogP contribution in [0.15, 0.2) is 40.9 Å². The van der Waals surface area contributed by atoms with Crippen molar-refractivity contribution < 1.29 is 13.9 Å². The largest absolute Gasteiger partial charge is 0.388 e. The van der Waals surface area contributed by atoms with Gasteiger partial charge in [-0.3, -0.25) is 0 Å². The van der Waals surface area contributed by atoms with Crippen molar-refractivity contribution in [2.75, 3.05) is 0 Å². The third-order valence-corrected chi connectivity index (χ3v) is 3.76. The summed E-state index contributed by atoms with van der Waals surface area (Å²) in [6.07, 6.45) is -0.642. The number of aliphatic hydroxyl groups is 1. The third kappa shape index (κ3) is 3.39. The van der Waals surface area contributed by atoms with E-state index in [1.54, 1.807) is 12.1 Å². The Bertz CT molecular complexity index is 599. The van der Waals surface area contributed by atoms with Gasteiger partial charge in [-0.15, -0.1) is 0 Å². The van der Waals surface area contributed by atoms with Gasteiger partial charge in [-0.25, -0.2) is 8.78 Å². The van der Waals surface area contributed by atoms with Crippen molar-refractivity contribution >= 4 is 15.9 Å². The summed E-state index contributed by atoms with van der Waals surface area (Å²) in [6, 6.07) is 8.58. The Hall–Kier alpha value is -1.26. The quantitative estimate of drug-likeness (QED) is 0.891. The lowest BCUT2D eigenvalue weighted by Crippen LogP contribution is -2.05. The zero-order chi connectivity index (χ0) is 14.0. The summed E-state index contributed by atoms with van der Waals surface area (Å²) in [7, 11) is 0. The van der Waals surface area contributed by atoms with Crippen molar-refractivity contribution in [1.82, 2.24) is 0 Å². The van der Waals surface area contributed by atoms with E-state index in [1.807, 2.05) is 6.92 Å². The van der Waals surface area contributed by atoms with Crippen LogP contribution in [-0.4, -0.2) is 5.11 Å². The summed E-state index contributed by atoms with van der Waals surface area (Å²) >= 11 is 3.28. The van der Waals surface area contributed by atoms with E-state index in [0.717, 1.165) is 5.56 Å². The summed E-state index contributed by atoms with van der Waals surface area (Å²) in [5.41, 5.74) is 2.07. The first kappa shape index (κ1) is 14.2. The smallest absolute Gasteiger partial charge is 0.123 e. The fraction of sp³-hybridized carbons (Fsp3) is 0.200. The van der Waals surface area contributed by atoms with Gasteiger partial charge < -0.3 is 5.11 Å². The number of aliphatic hydroxyl groups excluding tert-OH is 1. The van der Waals surface area contributed by atoms with Crippen molar-refractivity contribution in [3.8, 4) is 0 Å². The van der Waals surface area contributed by atoms with Gasteiger partial charge in [0, 0.05) is 10.9 Å². The first-order valence-corrected chi connectivity index (χ1v) is 6.64. The minimum Gasteiger partial charge on any atom is -0.388 e. The molecule has 0 saturated heterocycles. The molecule has 2 rings (SSSR count). The Morgan fingerprint density at radius 2 is 1.74 bits per heavy atom. The highest BCUT2D eigenvalue weighted by atomic mass is 79.9. The Morgan fingerprint density at radius 3 is 2.47 bits per heavy atom. The molecule has 4 heteroatoms. The Balaban J connectivity index is 2.27. The summed E-state index contributed by atoms with van der Waals surface area (Å²) in [5.74, 6) is -0.751. The first-order valence-electron chi connectivity index (χ1n) is 5.85. The van der Waals surface area contributed by atoms with Crippen molar-refractivity contribution in [3.63, 3.8) is 0 Å². The molecule has 0 aliphatic carbocycles. The molecular formula is C15H13BrF2O. The van der Waals surface area contributed by atoms with Crippen LogP contribution in [0.5, 0.6) is 0 Å². The van der Waals surface area contributed by atoms with Crippen LogP contribution < -0.4 is 0 Å². The molecule has 0 aromatic heterocycles. The van der Waals surface area contributed by atoms with E-state index in [-0.39, 0.29) is 12.2 Å². The molecule has 0 saturated carbocycles. The molecule has 0 bridgehead atoms. The SMILES string of the molecule is Cc1ccc(F)cc1CC(O)c1cc(F)ccc1Br. The lowest BCUT2D eigenvalue weighted by Gasteiger charge is -2.14. The molecule has 2 aromatic rings. The lowest BCUT2D eigenvalue weighted by molar-refractivity contribution is 0.177. The van der Waals surface area contributed by atoms with E-state index >= 15 is 0 Å². The molecule has 1 atom stereocenters. The number of benzene rings is 2. The van der Waals surface area contributed by atoms with Gasteiger partial charge in [-0.1, -0.05) is 22.0 Å². The van der Waals surface area contributed by atoms with Crippen LogP contribution in [0.3, 0.4) is 0 Å². The predicted octanol–water partition coefficient (Wildman–Crippen LogP) is 4.31. The molecule has 0 fully saturated rings. The van der Waals surface area contributed by atoms with Crippen LogP contribution in [0.4, 0.5) is 8.78 Å². The fourth-order valence-corrected chi connectivity index (χ4v) is 2.46. The highest BCUT2D eigenvalue weighted by Gasteiger charge is 2.14. The van der Waals surface area contributed by atoms with Crippen molar-refractivity contribution in [2.24, 2.45) is 0 Å². The van der Waals surface area contributed by atoms with Gasteiger partial charge in [-0.2, -0.15) is 0 Å². The molecule has 0 spiro atoms. The van der Waals surface area contributed by atoms with Crippen LogP contribution in [-0.2, 0) is 6.42 Å². The molecule has 0 amide bonds. The van der Waals surface area contributed by atoms with E-state index in [1.165, 1.54) is 24.3 Å². The highest BCUT2D eigenvalue weighted by molar-refractivity contribution is 9.10. The average Bonchev–Trinajstić information content (AvgIpc) is 2.36. The normalized spacial score (nSPS) is 12.5. The molecule has 0 aliphatic rings. The first-order chi connectivity index (χ1) is 8.97. The second kappa shape index (κ2) is 5.80. The standard InChI is InChI=1S/C15H13BrF2O/c1-9-2-3-11(17)6-10(9)7-15(19)13-8-12(18)4-5-14(13)16/h2-6,8,15,19H,7H2,1H3. The maximum atomic E-state index is 13.2. The Morgan fingerprint density at radius 1 is 1.11 bits per heavy atom. The van der Waals surface area contributed by atoms with Crippen LogP contribution in [0.1, 0.15) is 22.8 Å². The minimum atomic E-state index is -0.884. The average molecular weight is 327 g/mol. The van der Waals surface area contributed by atoms with Gasteiger partial charge in [0.15, 0.2) is 0 Å². The second-order valence-electron chi connectivity index (χ2n) is 4.46. The number of rotatable bonds is 3. The van der Waals surface area contributed by atoms with Crippen molar-refractivity contribution in [3.05, 3.63) is 69.2 Å². The number of hydrogen-bond acceptors (Lipinski definition) is 1. The van der Waals surface area contributed by atoms with E-state index in [9.17, 15) is 13.9 Å². The monoisotopic (exact) mass is 326 g/mol. The predicted molar refractivity (Wildman–Crippen MR) is 73.9 cm³/mol. The number of hydrogen-bond donors (Lipinski definition) is 1. The summed E-state index contributed by atoms with van der Waals surface area (Å²) < 4.78 is 27.0. The Labute approximate surface area is 119 Å². The molecule has 1 unspecified atom stereocenters. The maximum absolute atomic E-state index is 13.2. The maximum Gasteiger partial charge on any atom is 0.123 e. The topological polar surface area (TPSA) is 20.2 Å². The van der Waals surface area contributed by atoms with Crippen molar-refractivity contribution in [2.45, 2.75) is 19.4 Å². The van der Waals surface area contributed by atoms with Crippen LogP contribution in [0.2, 0.25) is 0 Å². The molecule has 19 heavy (non-hydrogen) atoms. The van der Waals surface area contributed by atoms with Crippen LogP contribution >= 0.6 is 15.9 Å². The zero-order valence-electron chi connectivity index (χ0n) is 10.3.